The third-order valence-electron chi connectivity index (χ3n) is 3.86. The predicted octanol–water partition coefficient (Wildman–Crippen LogP) is 4.19. The Kier molecular flexibility index (Phi) is 5.97. The maximum Gasteiger partial charge on any atom is 0.163 e. The van der Waals surface area contributed by atoms with E-state index in [4.69, 9.17) is 10.00 Å². The summed E-state index contributed by atoms with van der Waals surface area (Å²) in [5, 5.41) is 19.0. The number of ether oxygens (including phenoxy) is 1. The SMILES string of the molecule is CCCc1c(COc2ccc(CC#N)cc2)ccc(C(C)=O)c1O. The maximum absolute atomic E-state index is 11.6. The number of hydrogen-bond donors (Lipinski definition) is 1. The summed E-state index contributed by atoms with van der Waals surface area (Å²) in [6, 6.07) is 13.0. The van der Waals surface area contributed by atoms with Crippen LogP contribution in [0.5, 0.6) is 11.5 Å². The van der Waals surface area contributed by atoms with Crippen LogP contribution in [0.15, 0.2) is 36.4 Å². The molecule has 0 radical (unpaired) electrons. The first-order valence-electron chi connectivity index (χ1n) is 8.00. The lowest BCUT2D eigenvalue weighted by Crippen LogP contribution is -2.04. The molecule has 0 bridgehead atoms. The summed E-state index contributed by atoms with van der Waals surface area (Å²) in [7, 11) is 0. The molecule has 0 aliphatic heterocycles. The number of rotatable bonds is 7. The van der Waals surface area contributed by atoms with Gasteiger partial charge in [-0.1, -0.05) is 31.5 Å². The highest BCUT2D eigenvalue weighted by molar-refractivity contribution is 5.97. The minimum atomic E-state index is -0.148. The Morgan fingerprint density at radius 3 is 2.50 bits per heavy atom. The second-order valence-corrected chi connectivity index (χ2v) is 5.67. The molecule has 0 heterocycles. The molecule has 2 aromatic rings. The van der Waals surface area contributed by atoms with Crippen LogP contribution >= 0.6 is 0 Å². The van der Waals surface area contributed by atoms with Crippen LogP contribution in [0, 0.1) is 11.3 Å². The van der Waals surface area contributed by atoms with Crippen molar-refractivity contribution in [2.24, 2.45) is 0 Å². The van der Waals surface area contributed by atoms with Crippen molar-refractivity contribution < 1.29 is 14.6 Å². The lowest BCUT2D eigenvalue weighted by Gasteiger charge is -2.14. The minimum Gasteiger partial charge on any atom is -0.507 e. The molecule has 0 aliphatic rings. The van der Waals surface area contributed by atoms with Crippen LogP contribution in [0.3, 0.4) is 0 Å². The third kappa shape index (κ3) is 4.14. The summed E-state index contributed by atoms with van der Waals surface area (Å²) in [4.78, 5) is 11.6. The summed E-state index contributed by atoms with van der Waals surface area (Å²) in [5.41, 5.74) is 2.94. The van der Waals surface area contributed by atoms with Gasteiger partial charge in [0.1, 0.15) is 18.1 Å². The van der Waals surface area contributed by atoms with Crippen LogP contribution < -0.4 is 4.74 Å². The highest BCUT2D eigenvalue weighted by atomic mass is 16.5. The molecule has 4 nitrogen and oxygen atoms in total. The Bertz CT molecular complexity index is 758. The van der Waals surface area contributed by atoms with Gasteiger partial charge >= 0.3 is 0 Å². The number of phenolic OH excluding ortho intramolecular Hbond substituents is 1. The van der Waals surface area contributed by atoms with Crippen LogP contribution in [-0.4, -0.2) is 10.9 Å². The van der Waals surface area contributed by atoms with Gasteiger partial charge in [0.2, 0.25) is 0 Å². The number of Topliss-reactive ketones (excluding diaryl/α,β-unsaturated/α-hetero) is 1. The van der Waals surface area contributed by atoms with E-state index in [1.54, 1.807) is 6.07 Å². The molecule has 4 heteroatoms. The quantitative estimate of drug-likeness (QED) is 0.776. The molecular formula is C20H21NO3. The Labute approximate surface area is 142 Å². The van der Waals surface area contributed by atoms with E-state index in [2.05, 4.69) is 6.07 Å². The molecular weight excluding hydrogens is 302 g/mol. The van der Waals surface area contributed by atoms with E-state index in [1.165, 1.54) is 6.92 Å². The van der Waals surface area contributed by atoms with Gasteiger partial charge in [-0.05, 0) is 42.7 Å². The molecule has 2 rings (SSSR count). The van der Waals surface area contributed by atoms with Gasteiger partial charge in [0, 0.05) is 5.56 Å². The standard InChI is InChI=1S/C20H21NO3/c1-3-4-19-16(7-10-18(14(2)22)20(19)23)13-24-17-8-5-15(6-9-17)11-12-21/h5-10,23H,3-4,11,13H2,1-2H3. The van der Waals surface area contributed by atoms with Gasteiger partial charge in [-0.3, -0.25) is 4.79 Å². The Balaban J connectivity index is 2.18. The third-order valence-corrected chi connectivity index (χ3v) is 3.86. The van der Waals surface area contributed by atoms with Crippen LogP contribution in [0.2, 0.25) is 0 Å². The smallest absolute Gasteiger partial charge is 0.163 e. The topological polar surface area (TPSA) is 70.3 Å². The number of nitrogens with zero attached hydrogens (tertiary/aromatic N) is 1. The van der Waals surface area contributed by atoms with Crippen LogP contribution in [0.4, 0.5) is 0 Å². The van der Waals surface area contributed by atoms with E-state index in [0.717, 1.165) is 23.1 Å². The normalized spacial score (nSPS) is 10.2. The van der Waals surface area contributed by atoms with Gasteiger partial charge in [0.05, 0.1) is 18.1 Å². The lowest BCUT2D eigenvalue weighted by atomic mass is 9.97. The highest BCUT2D eigenvalue weighted by Crippen LogP contribution is 2.29. The van der Waals surface area contributed by atoms with E-state index < -0.39 is 0 Å². The van der Waals surface area contributed by atoms with Gasteiger partial charge in [0.15, 0.2) is 5.78 Å². The zero-order valence-corrected chi connectivity index (χ0v) is 14.0. The molecule has 0 spiro atoms. The van der Waals surface area contributed by atoms with Crippen molar-refractivity contribution in [3.8, 4) is 17.6 Å². The van der Waals surface area contributed by atoms with Crippen molar-refractivity contribution in [2.75, 3.05) is 0 Å². The number of nitriles is 1. The average molecular weight is 323 g/mol. The van der Waals surface area contributed by atoms with Crippen molar-refractivity contribution in [1.29, 1.82) is 5.26 Å². The highest BCUT2D eigenvalue weighted by Gasteiger charge is 2.15. The van der Waals surface area contributed by atoms with E-state index >= 15 is 0 Å². The number of phenols is 1. The van der Waals surface area contributed by atoms with Gasteiger partial charge < -0.3 is 9.84 Å². The zero-order valence-electron chi connectivity index (χ0n) is 14.0. The first-order chi connectivity index (χ1) is 11.6. The summed E-state index contributed by atoms with van der Waals surface area (Å²) in [5.74, 6) is 0.620. The number of benzene rings is 2. The fraction of sp³-hybridized carbons (Fsp3) is 0.300. The first-order valence-corrected chi connectivity index (χ1v) is 8.00. The fourth-order valence-corrected chi connectivity index (χ4v) is 2.58. The Morgan fingerprint density at radius 1 is 1.21 bits per heavy atom. The number of hydrogen-bond acceptors (Lipinski definition) is 4. The Morgan fingerprint density at radius 2 is 1.92 bits per heavy atom. The van der Waals surface area contributed by atoms with Crippen molar-refractivity contribution in [3.63, 3.8) is 0 Å². The monoisotopic (exact) mass is 323 g/mol. The van der Waals surface area contributed by atoms with Crippen molar-refractivity contribution in [2.45, 2.75) is 39.7 Å². The van der Waals surface area contributed by atoms with Crippen LogP contribution in [0.1, 0.15) is 47.3 Å². The summed E-state index contributed by atoms with van der Waals surface area (Å²) >= 11 is 0. The second-order valence-electron chi connectivity index (χ2n) is 5.67. The summed E-state index contributed by atoms with van der Waals surface area (Å²) in [6.07, 6.45) is 1.93. The van der Waals surface area contributed by atoms with Gasteiger partial charge in [-0.2, -0.15) is 5.26 Å². The van der Waals surface area contributed by atoms with Crippen LogP contribution in [-0.2, 0) is 19.4 Å². The van der Waals surface area contributed by atoms with E-state index in [0.29, 0.717) is 30.8 Å². The van der Waals surface area contributed by atoms with Gasteiger partial charge in [0.25, 0.3) is 0 Å². The van der Waals surface area contributed by atoms with E-state index in [1.807, 2.05) is 37.3 Å². The predicted molar refractivity (Wildman–Crippen MR) is 92.2 cm³/mol. The Hall–Kier alpha value is -2.80. The molecule has 0 saturated carbocycles. The molecule has 0 amide bonds. The molecule has 1 N–H and O–H groups in total. The number of ketones is 1. The largest absolute Gasteiger partial charge is 0.507 e. The van der Waals surface area contributed by atoms with Crippen molar-refractivity contribution >= 4 is 5.78 Å². The average Bonchev–Trinajstić information content (AvgIpc) is 2.57. The molecule has 0 unspecified atom stereocenters. The summed E-state index contributed by atoms with van der Waals surface area (Å²) < 4.78 is 5.79. The molecule has 0 fully saturated rings. The van der Waals surface area contributed by atoms with E-state index in [9.17, 15) is 9.90 Å². The fourth-order valence-electron chi connectivity index (χ4n) is 2.58. The molecule has 0 saturated heterocycles. The zero-order chi connectivity index (χ0) is 17.5. The maximum atomic E-state index is 11.6. The number of carbonyl (C=O) groups excluding carboxylic acids is 1. The molecule has 0 aromatic heterocycles. The summed E-state index contributed by atoms with van der Waals surface area (Å²) in [6.45, 7) is 3.79. The molecule has 0 atom stereocenters. The van der Waals surface area contributed by atoms with Crippen LogP contribution in [0.25, 0.3) is 0 Å². The minimum absolute atomic E-state index is 0.0646. The molecule has 2 aromatic carbocycles. The lowest BCUT2D eigenvalue weighted by molar-refractivity contribution is 0.101. The first kappa shape index (κ1) is 17.6. The van der Waals surface area contributed by atoms with Gasteiger partial charge in [-0.25, -0.2) is 0 Å². The van der Waals surface area contributed by atoms with Crippen molar-refractivity contribution in [1.82, 2.24) is 0 Å². The number of carbonyl (C=O) groups is 1. The molecule has 124 valence electrons. The second kappa shape index (κ2) is 8.16. The van der Waals surface area contributed by atoms with Crippen molar-refractivity contribution in [3.05, 3.63) is 58.7 Å². The van der Waals surface area contributed by atoms with Gasteiger partial charge in [-0.15, -0.1) is 0 Å². The molecule has 24 heavy (non-hydrogen) atoms. The molecule has 0 aliphatic carbocycles. The number of aromatic hydroxyl groups is 1. The van der Waals surface area contributed by atoms with E-state index in [-0.39, 0.29) is 11.5 Å².